The van der Waals surface area contributed by atoms with Crippen molar-refractivity contribution in [1.82, 2.24) is 0 Å². The Morgan fingerprint density at radius 1 is 1.14 bits per heavy atom. The Morgan fingerprint density at radius 2 is 1.86 bits per heavy atom. The standard InChI is InChI=1S/C14H10F3NO2S/c1-21-13-8-10(14(15,16)17)5-6-12(13)9-3-2-4-11(7-9)18(19)20/h2-8H,1H3. The van der Waals surface area contributed by atoms with Crippen molar-refractivity contribution in [2.75, 3.05) is 6.26 Å². The summed E-state index contributed by atoms with van der Waals surface area (Å²) in [5, 5.41) is 10.8. The first-order chi connectivity index (χ1) is 9.82. The number of hydrogen-bond donors (Lipinski definition) is 0. The van der Waals surface area contributed by atoms with Gasteiger partial charge in [-0.1, -0.05) is 18.2 Å². The Bertz CT molecular complexity index is 686. The van der Waals surface area contributed by atoms with Gasteiger partial charge in [0.05, 0.1) is 10.5 Å². The molecule has 0 aromatic heterocycles. The summed E-state index contributed by atoms with van der Waals surface area (Å²) in [5.41, 5.74) is 0.224. The van der Waals surface area contributed by atoms with Crippen LogP contribution >= 0.6 is 11.8 Å². The Hall–Kier alpha value is -2.02. The van der Waals surface area contributed by atoms with E-state index >= 15 is 0 Å². The SMILES string of the molecule is CSc1cc(C(F)(F)F)ccc1-c1cccc([N+](=O)[O-])c1. The normalized spacial score (nSPS) is 11.4. The fourth-order valence-corrected chi connectivity index (χ4v) is 2.54. The quantitative estimate of drug-likeness (QED) is 0.455. The van der Waals surface area contributed by atoms with Gasteiger partial charge >= 0.3 is 6.18 Å². The van der Waals surface area contributed by atoms with E-state index in [0.29, 0.717) is 16.0 Å². The molecule has 3 nitrogen and oxygen atoms in total. The molecule has 0 atom stereocenters. The molecule has 2 rings (SSSR count). The second-order valence-corrected chi connectivity index (χ2v) is 5.07. The molecule has 0 saturated heterocycles. The number of hydrogen-bond acceptors (Lipinski definition) is 3. The summed E-state index contributed by atoms with van der Waals surface area (Å²) in [7, 11) is 0. The Balaban J connectivity index is 2.54. The van der Waals surface area contributed by atoms with E-state index in [-0.39, 0.29) is 5.69 Å². The minimum Gasteiger partial charge on any atom is -0.258 e. The van der Waals surface area contributed by atoms with Crippen molar-refractivity contribution >= 4 is 17.4 Å². The molecule has 0 bridgehead atoms. The zero-order valence-corrected chi connectivity index (χ0v) is 11.7. The van der Waals surface area contributed by atoms with Gasteiger partial charge in [-0.3, -0.25) is 10.1 Å². The smallest absolute Gasteiger partial charge is 0.258 e. The molecular formula is C14H10F3NO2S. The van der Waals surface area contributed by atoms with E-state index in [9.17, 15) is 23.3 Å². The highest BCUT2D eigenvalue weighted by molar-refractivity contribution is 7.98. The number of halogens is 3. The van der Waals surface area contributed by atoms with Crippen LogP contribution in [0.15, 0.2) is 47.4 Å². The van der Waals surface area contributed by atoms with Crippen LogP contribution in [-0.2, 0) is 6.18 Å². The molecule has 2 aromatic carbocycles. The Kier molecular flexibility index (Phi) is 4.22. The number of nitro benzene ring substituents is 1. The number of nitro groups is 1. The van der Waals surface area contributed by atoms with Crippen molar-refractivity contribution in [3.8, 4) is 11.1 Å². The lowest BCUT2D eigenvalue weighted by Crippen LogP contribution is -2.05. The number of alkyl halides is 3. The van der Waals surface area contributed by atoms with Gasteiger partial charge in [0.1, 0.15) is 0 Å². The van der Waals surface area contributed by atoms with Gasteiger partial charge in [0.15, 0.2) is 0 Å². The summed E-state index contributed by atoms with van der Waals surface area (Å²) < 4.78 is 38.1. The highest BCUT2D eigenvalue weighted by atomic mass is 32.2. The van der Waals surface area contributed by atoms with Gasteiger partial charge in [0.25, 0.3) is 5.69 Å². The van der Waals surface area contributed by atoms with Gasteiger partial charge in [-0.15, -0.1) is 11.8 Å². The predicted octanol–water partition coefficient (Wildman–Crippen LogP) is 5.00. The second-order valence-electron chi connectivity index (χ2n) is 4.22. The van der Waals surface area contributed by atoms with Crippen molar-refractivity contribution in [2.24, 2.45) is 0 Å². The maximum atomic E-state index is 12.7. The monoisotopic (exact) mass is 313 g/mol. The molecule has 0 heterocycles. The highest BCUT2D eigenvalue weighted by Gasteiger charge is 2.31. The Labute approximate surface area is 122 Å². The fourth-order valence-electron chi connectivity index (χ4n) is 1.89. The molecular weight excluding hydrogens is 303 g/mol. The molecule has 0 unspecified atom stereocenters. The second kappa shape index (κ2) is 5.77. The van der Waals surface area contributed by atoms with Crippen LogP contribution in [0.3, 0.4) is 0 Å². The third-order valence-corrected chi connectivity index (χ3v) is 3.67. The molecule has 0 amide bonds. The summed E-state index contributed by atoms with van der Waals surface area (Å²) >= 11 is 1.16. The summed E-state index contributed by atoms with van der Waals surface area (Å²) in [4.78, 5) is 10.7. The van der Waals surface area contributed by atoms with Crippen molar-refractivity contribution in [3.05, 3.63) is 58.1 Å². The van der Waals surface area contributed by atoms with E-state index in [2.05, 4.69) is 0 Å². The van der Waals surface area contributed by atoms with Crippen molar-refractivity contribution in [2.45, 2.75) is 11.1 Å². The Morgan fingerprint density at radius 3 is 2.43 bits per heavy atom. The first-order valence-corrected chi connectivity index (χ1v) is 7.05. The molecule has 21 heavy (non-hydrogen) atoms. The number of benzene rings is 2. The van der Waals surface area contributed by atoms with E-state index in [1.54, 1.807) is 12.3 Å². The molecule has 2 aromatic rings. The van der Waals surface area contributed by atoms with E-state index in [0.717, 1.165) is 23.9 Å². The number of nitrogens with zero attached hydrogens (tertiary/aromatic N) is 1. The minimum atomic E-state index is -4.41. The van der Waals surface area contributed by atoms with E-state index < -0.39 is 16.7 Å². The van der Waals surface area contributed by atoms with Gasteiger partial charge < -0.3 is 0 Å². The molecule has 0 spiro atoms. The molecule has 0 aliphatic rings. The van der Waals surface area contributed by atoms with Gasteiger partial charge in [-0.2, -0.15) is 13.2 Å². The maximum Gasteiger partial charge on any atom is 0.416 e. The summed E-state index contributed by atoms with van der Waals surface area (Å²) in [6.45, 7) is 0. The first-order valence-electron chi connectivity index (χ1n) is 5.83. The van der Waals surface area contributed by atoms with E-state index in [1.165, 1.54) is 24.3 Å². The molecule has 0 N–H and O–H groups in total. The third-order valence-electron chi connectivity index (χ3n) is 2.90. The average Bonchev–Trinajstić information content (AvgIpc) is 2.45. The first kappa shape index (κ1) is 15.4. The van der Waals surface area contributed by atoms with Gasteiger partial charge in [-0.25, -0.2) is 0 Å². The van der Waals surface area contributed by atoms with Crippen LogP contribution in [0.25, 0.3) is 11.1 Å². The van der Waals surface area contributed by atoms with Gasteiger partial charge in [-0.05, 0) is 29.5 Å². The maximum absolute atomic E-state index is 12.7. The third kappa shape index (κ3) is 3.36. The van der Waals surface area contributed by atoms with Crippen molar-refractivity contribution < 1.29 is 18.1 Å². The average molecular weight is 313 g/mol. The van der Waals surface area contributed by atoms with Crippen LogP contribution in [0.2, 0.25) is 0 Å². The zero-order chi connectivity index (χ0) is 15.6. The highest BCUT2D eigenvalue weighted by Crippen LogP contribution is 2.37. The predicted molar refractivity (Wildman–Crippen MR) is 75.3 cm³/mol. The fraction of sp³-hybridized carbons (Fsp3) is 0.143. The molecule has 0 aliphatic carbocycles. The summed E-state index contributed by atoms with van der Waals surface area (Å²) in [5.74, 6) is 0. The molecule has 0 aliphatic heterocycles. The topological polar surface area (TPSA) is 43.1 Å². The van der Waals surface area contributed by atoms with Crippen LogP contribution < -0.4 is 0 Å². The lowest BCUT2D eigenvalue weighted by atomic mass is 10.0. The number of non-ortho nitro benzene ring substituents is 1. The van der Waals surface area contributed by atoms with Gasteiger partial charge in [0.2, 0.25) is 0 Å². The van der Waals surface area contributed by atoms with Crippen molar-refractivity contribution in [3.63, 3.8) is 0 Å². The lowest BCUT2D eigenvalue weighted by Gasteiger charge is -2.12. The van der Waals surface area contributed by atoms with Crippen LogP contribution in [-0.4, -0.2) is 11.2 Å². The minimum absolute atomic E-state index is 0.0977. The number of rotatable bonds is 3. The zero-order valence-electron chi connectivity index (χ0n) is 10.8. The van der Waals surface area contributed by atoms with Crippen LogP contribution in [0.4, 0.5) is 18.9 Å². The molecule has 7 heteroatoms. The lowest BCUT2D eigenvalue weighted by molar-refractivity contribution is -0.384. The summed E-state index contributed by atoms with van der Waals surface area (Å²) in [6.07, 6.45) is -2.75. The van der Waals surface area contributed by atoms with E-state index in [1.807, 2.05) is 0 Å². The van der Waals surface area contributed by atoms with Gasteiger partial charge in [0, 0.05) is 17.0 Å². The van der Waals surface area contributed by atoms with Crippen LogP contribution in [0, 0.1) is 10.1 Å². The molecule has 0 radical (unpaired) electrons. The van der Waals surface area contributed by atoms with Crippen LogP contribution in [0.5, 0.6) is 0 Å². The molecule has 0 fully saturated rings. The molecule has 110 valence electrons. The van der Waals surface area contributed by atoms with E-state index in [4.69, 9.17) is 0 Å². The number of thioether (sulfide) groups is 1. The largest absolute Gasteiger partial charge is 0.416 e. The summed E-state index contributed by atoms with van der Waals surface area (Å²) in [6, 6.07) is 9.21. The van der Waals surface area contributed by atoms with Crippen molar-refractivity contribution in [1.29, 1.82) is 0 Å². The van der Waals surface area contributed by atoms with Crippen LogP contribution in [0.1, 0.15) is 5.56 Å². The molecule has 0 saturated carbocycles.